The monoisotopic (exact) mass is 375 g/mol. The van der Waals surface area contributed by atoms with E-state index in [2.05, 4.69) is 0 Å². The van der Waals surface area contributed by atoms with E-state index in [1.165, 1.54) is 4.31 Å². The van der Waals surface area contributed by atoms with Gasteiger partial charge in [-0.3, -0.25) is 4.79 Å². The first kappa shape index (κ1) is 18.6. The second-order valence-electron chi connectivity index (χ2n) is 5.99. The maximum absolute atomic E-state index is 12.7. The van der Waals surface area contributed by atoms with Gasteiger partial charge in [0.25, 0.3) is 0 Å². The minimum atomic E-state index is -3.56. The first-order valence-electron chi connectivity index (χ1n) is 8.42. The Morgan fingerprint density at radius 1 is 1.00 bits per heavy atom. The van der Waals surface area contributed by atoms with Crippen molar-refractivity contribution in [1.82, 2.24) is 4.31 Å². The van der Waals surface area contributed by atoms with Crippen LogP contribution in [-0.2, 0) is 37.3 Å². The number of morpholine rings is 1. The van der Waals surface area contributed by atoms with Gasteiger partial charge in [-0.2, -0.15) is 4.31 Å². The molecule has 0 bridgehead atoms. The number of nitrogens with zero attached hydrogens (tertiary/aromatic N) is 1. The summed E-state index contributed by atoms with van der Waals surface area (Å²) in [5.74, 6) is -0.349. The van der Waals surface area contributed by atoms with Gasteiger partial charge in [-0.15, -0.1) is 0 Å². The van der Waals surface area contributed by atoms with Crippen molar-refractivity contribution in [2.24, 2.45) is 0 Å². The van der Waals surface area contributed by atoms with E-state index in [9.17, 15) is 13.2 Å². The lowest BCUT2D eigenvalue weighted by Crippen LogP contribution is -2.40. The van der Waals surface area contributed by atoms with Crippen molar-refractivity contribution < 1.29 is 22.7 Å². The molecular formula is C19H21NO5S. The van der Waals surface area contributed by atoms with E-state index in [1.54, 1.807) is 24.3 Å². The van der Waals surface area contributed by atoms with Crippen LogP contribution in [0.4, 0.5) is 0 Å². The Morgan fingerprint density at radius 2 is 1.69 bits per heavy atom. The highest BCUT2D eigenvalue weighted by atomic mass is 32.2. The van der Waals surface area contributed by atoms with Gasteiger partial charge in [0, 0.05) is 13.1 Å². The molecule has 26 heavy (non-hydrogen) atoms. The molecule has 0 spiro atoms. The summed E-state index contributed by atoms with van der Waals surface area (Å²) in [7, 11) is -3.56. The minimum absolute atomic E-state index is 0.0398. The van der Waals surface area contributed by atoms with Crippen LogP contribution in [0.5, 0.6) is 0 Å². The number of carbonyl (C=O) groups is 1. The number of esters is 1. The minimum Gasteiger partial charge on any atom is -0.461 e. The summed E-state index contributed by atoms with van der Waals surface area (Å²) in [6.45, 7) is 1.53. The zero-order valence-electron chi connectivity index (χ0n) is 14.3. The lowest BCUT2D eigenvalue weighted by molar-refractivity contribution is -0.144. The lowest BCUT2D eigenvalue weighted by Gasteiger charge is -2.26. The van der Waals surface area contributed by atoms with Crippen LogP contribution in [0, 0.1) is 0 Å². The number of hydrogen-bond donors (Lipinski definition) is 0. The quantitative estimate of drug-likeness (QED) is 0.722. The Hall–Kier alpha value is -2.22. The molecule has 0 aromatic heterocycles. The van der Waals surface area contributed by atoms with Crippen LogP contribution < -0.4 is 0 Å². The summed E-state index contributed by atoms with van der Waals surface area (Å²) >= 11 is 0. The number of benzene rings is 2. The fourth-order valence-electron chi connectivity index (χ4n) is 2.71. The number of ether oxygens (including phenoxy) is 2. The van der Waals surface area contributed by atoms with Crippen molar-refractivity contribution in [2.45, 2.75) is 17.9 Å². The summed E-state index contributed by atoms with van der Waals surface area (Å²) in [4.78, 5) is 12.2. The molecule has 1 heterocycles. The molecule has 6 nitrogen and oxygen atoms in total. The second kappa shape index (κ2) is 8.44. The van der Waals surface area contributed by atoms with E-state index < -0.39 is 10.0 Å². The van der Waals surface area contributed by atoms with Crippen LogP contribution >= 0.6 is 0 Å². The van der Waals surface area contributed by atoms with Gasteiger partial charge in [0.2, 0.25) is 10.0 Å². The van der Waals surface area contributed by atoms with Crippen LogP contribution in [-0.4, -0.2) is 45.0 Å². The first-order chi connectivity index (χ1) is 12.6. The number of rotatable bonds is 6. The molecule has 3 rings (SSSR count). The summed E-state index contributed by atoms with van der Waals surface area (Å²) in [6.07, 6.45) is 0.187. The van der Waals surface area contributed by atoms with Crippen LogP contribution in [0.15, 0.2) is 59.5 Å². The maximum atomic E-state index is 12.7. The van der Waals surface area contributed by atoms with E-state index in [1.807, 2.05) is 30.3 Å². The Morgan fingerprint density at radius 3 is 2.42 bits per heavy atom. The molecule has 0 N–H and O–H groups in total. The van der Waals surface area contributed by atoms with E-state index in [0.29, 0.717) is 31.9 Å². The highest BCUT2D eigenvalue weighted by molar-refractivity contribution is 7.89. The van der Waals surface area contributed by atoms with Gasteiger partial charge < -0.3 is 9.47 Å². The topological polar surface area (TPSA) is 72.9 Å². The normalized spacial score (nSPS) is 15.5. The van der Waals surface area contributed by atoms with Gasteiger partial charge in [0.05, 0.1) is 24.5 Å². The number of carbonyl (C=O) groups excluding carboxylic acids is 1. The van der Waals surface area contributed by atoms with Crippen molar-refractivity contribution in [3.05, 3.63) is 65.7 Å². The Bertz CT molecular complexity index is 845. The maximum Gasteiger partial charge on any atom is 0.310 e. The third kappa shape index (κ3) is 4.69. The van der Waals surface area contributed by atoms with Crippen molar-refractivity contribution in [3.63, 3.8) is 0 Å². The fraction of sp³-hybridized carbons (Fsp3) is 0.316. The zero-order chi connectivity index (χ0) is 18.4. The Balaban J connectivity index is 1.63. The van der Waals surface area contributed by atoms with Gasteiger partial charge in [-0.1, -0.05) is 42.5 Å². The predicted molar refractivity (Wildman–Crippen MR) is 96.0 cm³/mol. The van der Waals surface area contributed by atoms with Gasteiger partial charge in [-0.25, -0.2) is 8.42 Å². The summed E-state index contributed by atoms with van der Waals surface area (Å²) in [5, 5.41) is 0. The second-order valence-corrected chi connectivity index (χ2v) is 7.92. The molecule has 1 saturated heterocycles. The van der Waals surface area contributed by atoms with E-state index in [4.69, 9.17) is 9.47 Å². The van der Waals surface area contributed by atoms with Gasteiger partial charge in [0.1, 0.15) is 6.61 Å². The van der Waals surface area contributed by atoms with E-state index in [-0.39, 0.29) is 23.9 Å². The Labute approximate surface area is 153 Å². The largest absolute Gasteiger partial charge is 0.461 e. The van der Waals surface area contributed by atoms with Crippen LogP contribution in [0.2, 0.25) is 0 Å². The first-order valence-corrected chi connectivity index (χ1v) is 9.86. The van der Waals surface area contributed by atoms with Crippen LogP contribution in [0.25, 0.3) is 0 Å². The fourth-order valence-corrected chi connectivity index (χ4v) is 4.19. The van der Waals surface area contributed by atoms with Crippen molar-refractivity contribution in [3.8, 4) is 0 Å². The molecule has 0 unspecified atom stereocenters. The molecule has 1 aliphatic rings. The molecule has 2 aromatic rings. The molecule has 0 amide bonds. The SMILES string of the molecule is O=C(Cc1ccccc1)OCc1cccc(S(=O)(=O)N2CCOCC2)c1. The lowest BCUT2D eigenvalue weighted by atomic mass is 10.1. The van der Waals surface area contributed by atoms with Gasteiger partial charge in [-0.05, 0) is 23.3 Å². The molecule has 1 fully saturated rings. The molecule has 2 aromatic carbocycles. The summed E-state index contributed by atoms with van der Waals surface area (Å²) < 4.78 is 37.3. The Kier molecular flexibility index (Phi) is 6.03. The molecule has 1 aliphatic heterocycles. The van der Waals surface area contributed by atoms with Gasteiger partial charge in [0.15, 0.2) is 0 Å². The highest BCUT2D eigenvalue weighted by Crippen LogP contribution is 2.19. The number of sulfonamides is 1. The average molecular weight is 375 g/mol. The van der Waals surface area contributed by atoms with Crippen LogP contribution in [0.3, 0.4) is 0 Å². The van der Waals surface area contributed by atoms with Crippen molar-refractivity contribution in [2.75, 3.05) is 26.3 Å². The van der Waals surface area contributed by atoms with Crippen molar-refractivity contribution in [1.29, 1.82) is 0 Å². The standard InChI is InChI=1S/C19H21NO5S/c21-19(14-16-5-2-1-3-6-16)25-15-17-7-4-8-18(13-17)26(22,23)20-9-11-24-12-10-20/h1-8,13H,9-12,14-15H2. The molecule has 0 atom stereocenters. The molecule has 138 valence electrons. The van der Waals surface area contributed by atoms with Gasteiger partial charge >= 0.3 is 5.97 Å². The number of hydrogen-bond acceptors (Lipinski definition) is 5. The van der Waals surface area contributed by atoms with E-state index >= 15 is 0 Å². The zero-order valence-corrected chi connectivity index (χ0v) is 15.2. The van der Waals surface area contributed by atoms with Crippen molar-refractivity contribution >= 4 is 16.0 Å². The van der Waals surface area contributed by atoms with E-state index in [0.717, 1.165) is 5.56 Å². The molecule has 0 radical (unpaired) electrons. The summed E-state index contributed by atoms with van der Waals surface area (Å²) in [6, 6.07) is 15.8. The molecular weight excluding hydrogens is 354 g/mol. The summed E-state index contributed by atoms with van der Waals surface area (Å²) in [5.41, 5.74) is 1.52. The van der Waals surface area contributed by atoms with Crippen LogP contribution in [0.1, 0.15) is 11.1 Å². The molecule has 7 heteroatoms. The smallest absolute Gasteiger partial charge is 0.310 e. The highest BCUT2D eigenvalue weighted by Gasteiger charge is 2.26. The molecule has 0 aliphatic carbocycles. The average Bonchev–Trinajstić information content (AvgIpc) is 2.68. The predicted octanol–water partition coefficient (Wildman–Crippen LogP) is 1.99. The molecule has 0 saturated carbocycles. The third-order valence-electron chi connectivity index (χ3n) is 4.10. The third-order valence-corrected chi connectivity index (χ3v) is 5.99.